The molecule has 0 aliphatic carbocycles. The number of methoxy groups -OCH3 is 1. The second-order valence-corrected chi connectivity index (χ2v) is 10.1. The Kier molecular flexibility index (Phi) is 4.82. The number of anilines is 1. The third-order valence-corrected chi connectivity index (χ3v) is 7.15. The van der Waals surface area contributed by atoms with Crippen LogP contribution in [-0.2, 0) is 21.5 Å². The highest BCUT2D eigenvalue weighted by atomic mass is 16.5. The maximum absolute atomic E-state index is 14.1. The summed E-state index contributed by atoms with van der Waals surface area (Å²) in [7, 11) is 1.63. The predicted molar refractivity (Wildman–Crippen MR) is 128 cm³/mol. The minimum atomic E-state index is -0.736. The summed E-state index contributed by atoms with van der Waals surface area (Å²) < 4.78 is 5.28. The molecule has 3 aliphatic rings. The average Bonchev–Trinajstić information content (AvgIpc) is 3.32. The molecule has 1 spiro atoms. The van der Waals surface area contributed by atoms with Gasteiger partial charge in [0.25, 0.3) is 5.91 Å². The summed E-state index contributed by atoms with van der Waals surface area (Å²) in [4.78, 5) is 31.8. The number of amides is 2. The maximum atomic E-state index is 14.1. The second kappa shape index (κ2) is 7.37. The van der Waals surface area contributed by atoms with Crippen LogP contribution in [0.25, 0.3) is 0 Å². The maximum Gasteiger partial charge on any atom is 0.251 e. The van der Waals surface area contributed by atoms with Crippen LogP contribution in [0.5, 0.6) is 5.75 Å². The van der Waals surface area contributed by atoms with Crippen molar-refractivity contribution >= 4 is 17.5 Å². The zero-order chi connectivity index (χ0) is 23.5. The summed E-state index contributed by atoms with van der Waals surface area (Å²) in [5, 5.41) is 3.62. The average molecular weight is 446 g/mol. The predicted octanol–water partition coefficient (Wildman–Crippen LogP) is 4.07. The van der Waals surface area contributed by atoms with Gasteiger partial charge in [0.05, 0.1) is 12.5 Å². The number of ether oxygens (including phenoxy) is 1. The summed E-state index contributed by atoms with van der Waals surface area (Å²) in [5.74, 6) is 0.707. The van der Waals surface area contributed by atoms with Crippen molar-refractivity contribution in [2.75, 3.05) is 12.4 Å². The van der Waals surface area contributed by atoms with Gasteiger partial charge in [0.1, 0.15) is 18.0 Å². The van der Waals surface area contributed by atoms with Crippen LogP contribution < -0.4 is 10.1 Å². The highest BCUT2D eigenvalue weighted by Crippen LogP contribution is 2.60. The topological polar surface area (TPSA) is 61.9 Å². The lowest BCUT2D eigenvalue weighted by Crippen LogP contribution is -2.53. The number of likely N-dealkylation sites (tertiary alicyclic amines) is 2. The molecular formula is C27H31N3O3. The van der Waals surface area contributed by atoms with Gasteiger partial charge in [-0.2, -0.15) is 0 Å². The lowest BCUT2D eigenvalue weighted by Gasteiger charge is -2.39. The van der Waals surface area contributed by atoms with Crippen LogP contribution >= 0.6 is 0 Å². The van der Waals surface area contributed by atoms with Gasteiger partial charge in [-0.3, -0.25) is 9.59 Å². The van der Waals surface area contributed by atoms with E-state index in [0.29, 0.717) is 6.54 Å². The van der Waals surface area contributed by atoms with Gasteiger partial charge in [0.2, 0.25) is 5.91 Å². The van der Waals surface area contributed by atoms with Crippen molar-refractivity contribution < 1.29 is 14.3 Å². The zero-order valence-corrected chi connectivity index (χ0v) is 19.9. The van der Waals surface area contributed by atoms with Crippen LogP contribution in [0.3, 0.4) is 0 Å². The fourth-order valence-corrected chi connectivity index (χ4v) is 5.93. The van der Waals surface area contributed by atoms with E-state index < -0.39 is 17.0 Å². The molecule has 6 heteroatoms. The first kappa shape index (κ1) is 21.6. The molecule has 2 aromatic carbocycles. The molecule has 0 unspecified atom stereocenters. The molecule has 0 aromatic heterocycles. The van der Waals surface area contributed by atoms with E-state index in [1.54, 1.807) is 12.0 Å². The van der Waals surface area contributed by atoms with E-state index in [0.717, 1.165) is 34.6 Å². The number of benzene rings is 2. The van der Waals surface area contributed by atoms with Gasteiger partial charge in [0.15, 0.2) is 0 Å². The number of rotatable bonds is 4. The minimum Gasteiger partial charge on any atom is -0.497 e. The summed E-state index contributed by atoms with van der Waals surface area (Å²) in [6.45, 7) is 8.59. The third kappa shape index (κ3) is 2.86. The number of carbonyl (C=O) groups is 2. The van der Waals surface area contributed by atoms with Gasteiger partial charge in [-0.05, 0) is 56.5 Å². The Morgan fingerprint density at radius 2 is 1.79 bits per heavy atom. The van der Waals surface area contributed by atoms with Crippen LogP contribution in [0.4, 0.5) is 5.69 Å². The van der Waals surface area contributed by atoms with E-state index >= 15 is 0 Å². The van der Waals surface area contributed by atoms with Gasteiger partial charge in [0, 0.05) is 23.3 Å². The molecule has 6 nitrogen and oxygen atoms in total. The Morgan fingerprint density at radius 1 is 1.09 bits per heavy atom. The normalized spacial score (nSPS) is 27.0. The highest BCUT2D eigenvalue weighted by Gasteiger charge is 2.73. The van der Waals surface area contributed by atoms with E-state index in [-0.39, 0.29) is 18.0 Å². The smallest absolute Gasteiger partial charge is 0.251 e. The number of nitrogens with one attached hydrogen (secondary N) is 1. The molecule has 2 amide bonds. The molecule has 0 bridgehead atoms. The summed E-state index contributed by atoms with van der Waals surface area (Å²) in [6.07, 6.45) is 2.44. The Labute approximate surface area is 195 Å². The number of nitrogens with zero attached hydrogens (tertiary/aromatic N) is 2. The van der Waals surface area contributed by atoms with Crippen molar-refractivity contribution in [1.82, 2.24) is 9.80 Å². The Bertz CT molecular complexity index is 1150. The van der Waals surface area contributed by atoms with E-state index in [1.165, 1.54) is 0 Å². The van der Waals surface area contributed by atoms with E-state index in [2.05, 4.69) is 32.2 Å². The molecular weight excluding hydrogens is 414 g/mol. The molecule has 2 saturated heterocycles. The molecule has 2 fully saturated rings. The van der Waals surface area contributed by atoms with Gasteiger partial charge in [-0.15, -0.1) is 0 Å². The fourth-order valence-electron chi connectivity index (χ4n) is 5.93. The Balaban J connectivity index is 1.70. The van der Waals surface area contributed by atoms with Crippen molar-refractivity contribution in [2.45, 2.75) is 63.8 Å². The standard InChI is InChI=1S/C27H31N3O3/c1-6-9-20-23(31)29(16-17-12-14-18(33-5)15-13-17)22-24(32)30(26(2,3)4)25-27(20,22)19-10-7-8-11-21(19)28-25/h7-15,22,25,28H,6,16H2,1-5H3/b20-9+/t22-,25-,27-/m1/s1. The monoisotopic (exact) mass is 445 g/mol. The van der Waals surface area contributed by atoms with Crippen molar-refractivity contribution in [3.63, 3.8) is 0 Å². The van der Waals surface area contributed by atoms with E-state index in [1.807, 2.05) is 60.4 Å². The Morgan fingerprint density at radius 3 is 2.42 bits per heavy atom. The quantitative estimate of drug-likeness (QED) is 0.721. The largest absolute Gasteiger partial charge is 0.497 e. The molecule has 33 heavy (non-hydrogen) atoms. The van der Waals surface area contributed by atoms with Gasteiger partial charge >= 0.3 is 0 Å². The molecule has 3 heterocycles. The van der Waals surface area contributed by atoms with Crippen molar-refractivity contribution in [3.8, 4) is 5.75 Å². The van der Waals surface area contributed by atoms with Crippen LogP contribution in [0.1, 0.15) is 45.2 Å². The molecule has 1 N–H and O–H groups in total. The highest BCUT2D eigenvalue weighted by molar-refractivity contribution is 6.10. The van der Waals surface area contributed by atoms with Crippen molar-refractivity contribution in [2.24, 2.45) is 0 Å². The summed E-state index contributed by atoms with van der Waals surface area (Å²) >= 11 is 0. The number of carbonyl (C=O) groups excluding carboxylic acids is 2. The molecule has 172 valence electrons. The summed E-state index contributed by atoms with van der Waals surface area (Å²) in [5.41, 5.74) is 2.59. The second-order valence-electron chi connectivity index (χ2n) is 10.1. The van der Waals surface area contributed by atoms with Crippen LogP contribution in [0.15, 0.2) is 60.2 Å². The number of allylic oxidation sites excluding steroid dienone is 1. The van der Waals surface area contributed by atoms with E-state index in [9.17, 15) is 9.59 Å². The minimum absolute atomic E-state index is 0.00383. The molecule has 3 aliphatic heterocycles. The fraction of sp³-hybridized carbons (Fsp3) is 0.407. The Hall–Kier alpha value is -3.28. The number of para-hydroxylation sites is 1. The van der Waals surface area contributed by atoms with Crippen LogP contribution in [0, 0.1) is 0 Å². The zero-order valence-electron chi connectivity index (χ0n) is 19.9. The lowest BCUT2D eigenvalue weighted by atomic mass is 9.72. The van der Waals surface area contributed by atoms with Gasteiger partial charge < -0.3 is 19.9 Å². The first-order valence-electron chi connectivity index (χ1n) is 11.6. The van der Waals surface area contributed by atoms with Gasteiger partial charge in [-0.1, -0.05) is 43.3 Å². The molecule has 0 radical (unpaired) electrons. The molecule has 2 aromatic rings. The number of hydrogen-bond acceptors (Lipinski definition) is 4. The van der Waals surface area contributed by atoms with Crippen molar-refractivity contribution in [3.05, 3.63) is 71.3 Å². The number of hydrogen-bond donors (Lipinski definition) is 1. The number of fused-ring (bicyclic) bond motifs is 1. The first-order valence-corrected chi connectivity index (χ1v) is 11.6. The SMILES string of the molecule is CC/C=C1\C(=O)N(Cc2ccc(OC)cc2)[C@@H]2C(=O)N(C(C)(C)C)[C@H]3Nc4ccccc4[C@]132. The van der Waals surface area contributed by atoms with Crippen LogP contribution in [0.2, 0.25) is 0 Å². The van der Waals surface area contributed by atoms with E-state index in [4.69, 9.17) is 4.74 Å². The third-order valence-electron chi connectivity index (χ3n) is 7.15. The molecule has 3 atom stereocenters. The lowest BCUT2D eigenvalue weighted by molar-refractivity contribution is -0.142. The molecule has 5 rings (SSSR count). The van der Waals surface area contributed by atoms with Gasteiger partial charge in [-0.25, -0.2) is 0 Å². The van der Waals surface area contributed by atoms with Crippen LogP contribution in [-0.4, -0.2) is 46.5 Å². The van der Waals surface area contributed by atoms with Crippen molar-refractivity contribution in [1.29, 1.82) is 0 Å². The molecule has 0 saturated carbocycles. The summed E-state index contributed by atoms with van der Waals surface area (Å²) in [6, 6.07) is 15.2. The first-order chi connectivity index (χ1) is 15.7.